The van der Waals surface area contributed by atoms with Gasteiger partial charge in [-0.2, -0.15) is 10.2 Å². The van der Waals surface area contributed by atoms with Gasteiger partial charge < -0.3 is 4.52 Å². The van der Waals surface area contributed by atoms with E-state index in [4.69, 9.17) is 9.78 Å². The number of benzene rings is 1. The predicted octanol–water partition coefficient (Wildman–Crippen LogP) is 3.30. The largest absolute Gasteiger partial charge is 0.339 e. The highest BCUT2D eigenvalue weighted by molar-refractivity contribution is 5.84. The Hall–Kier alpha value is -2.74. The second-order valence-corrected chi connectivity index (χ2v) is 5.09. The van der Waals surface area contributed by atoms with Gasteiger partial charge in [0.15, 0.2) is 0 Å². The Bertz CT molecular complexity index is 832. The normalized spacial score (nSPS) is 12.2. The monoisotopic (exact) mass is 278 g/mol. The molecule has 0 aliphatic carbocycles. The average molecular weight is 278 g/mol. The Labute approximate surface area is 122 Å². The Morgan fingerprint density at radius 2 is 2.10 bits per heavy atom. The van der Waals surface area contributed by atoms with Gasteiger partial charge in [0.25, 0.3) is 0 Å². The molecule has 0 saturated carbocycles. The molecule has 2 heterocycles. The molecule has 104 valence electrons. The van der Waals surface area contributed by atoms with Crippen LogP contribution >= 0.6 is 0 Å². The standard InChI is InChI=1S/C16H14N4O/c1-10(9-17)7-15-19-16(20-21-15)14-8-11(2)12-5-3-4-6-13(12)18-14/h3-6,8,10H,7H2,1-2H3. The molecule has 0 bridgehead atoms. The predicted molar refractivity (Wildman–Crippen MR) is 78.3 cm³/mol. The second kappa shape index (κ2) is 5.33. The van der Waals surface area contributed by atoms with Crippen molar-refractivity contribution in [3.8, 4) is 17.6 Å². The van der Waals surface area contributed by atoms with Gasteiger partial charge in [0.05, 0.1) is 17.5 Å². The van der Waals surface area contributed by atoms with Crippen LogP contribution in [0.2, 0.25) is 0 Å². The first-order chi connectivity index (χ1) is 10.2. The summed E-state index contributed by atoms with van der Waals surface area (Å²) in [7, 11) is 0. The summed E-state index contributed by atoms with van der Waals surface area (Å²) in [5.41, 5.74) is 2.71. The number of rotatable bonds is 3. The summed E-state index contributed by atoms with van der Waals surface area (Å²) >= 11 is 0. The maximum Gasteiger partial charge on any atom is 0.228 e. The minimum absolute atomic E-state index is 0.149. The molecule has 5 heteroatoms. The molecule has 0 aliphatic rings. The zero-order valence-electron chi connectivity index (χ0n) is 11.9. The first-order valence-electron chi connectivity index (χ1n) is 6.76. The Balaban J connectivity index is 1.99. The van der Waals surface area contributed by atoms with Crippen LogP contribution < -0.4 is 0 Å². The van der Waals surface area contributed by atoms with Gasteiger partial charge in [-0.25, -0.2) is 4.98 Å². The van der Waals surface area contributed by atoms with Crippen LogP contribution in [0.3, 0.4) is 0 Å². The molecule has 0 radical (unpaired) electrons. The van der Waals surface area contributed by atoms with E-state index < -0.39 is 0 Å². The summed E-state index contributed by atoms with van der Waals surface area (Å²) in [5.74, 6) is 0.778. The fourth-order valence-electron chi connectivity index (χ4n) is 2.21. The number of aromatic nitrogens is 3. The van der Waals surface area contributed by atoms with Gasteiger partial charge in [0, 0.05) is 11.8 Å². The number of nitrogens with zero attached hydrogens (tertiary/aromatic N) is 4. The number of para-hydroxylation sites is 1. The highest BCUT2D eigenvalue weighted by atomic mass is 16.5. The van der Waals surface area contributed by atoms with E-state index in [1.165, 1.54) is 0 Å². The van der Waals surface area contributed by atoms with Crippen molar-refractivity contribution in [2.24, 2.45) is 5.92 Å². The van der Waals surface area contributed by atoms with Crippen molar-refractivity contribution in [2.45, 2.75) is 20.3 Å². The number of hydrogen-bond donors (Lipinski definition) is 0. The molecule has 1 unspecified atom stereocenters. The Morgan fingerprint density at radius 1 is 1.29 bits per heavy atom. The van der Waals surface area contributed by atoms with E-state index in [1.807, 2.05) is 44.2 Å². The molecule has 2 aromatic heterocycles. The molecule has 3 rings (SSSR count). The molecule has 3 aromatic rings. The summed E-state index contributed by atoms with van der Waals surface area (Å²) in [6.45, 7) is 3.86. The van der Waals surface area contributed by atoms with Crippen molar-refractivity contribution >= 4 is 10.9 Å². The van der Waals surface area contributed by atoms with Gasteiger partial charge in [0.2, 0.25) is 11.7 Å². The molecular formula is C16H14N4O. The smallest absolute Gasteiger partial charge is 0.228 e. The van der Waals surface area contributed by atoms with Crippen LogP contribution in [-0.4, -0.2) is 15.1 Å². The topological polar surface area (TPSA) is 75.6 Å². The van der Waals surface area contributed by atoms with E-state index >= 15 is 0 Å². The molecule has 1 atom stereocenters. The lowest BCUT2D eigenvalue weighted by molar-refractivity contribution is 0.369. The van der Waals surface area contributed by atoms with Crippen LogP contribution in [0.25, 0.3) is 22.4 Å². The summed E-state index contributed by atoms with van der Waals surface area (Å²) in [6.07, 6.45) is 0.454. The molecule has 5 nitrogen and oxygen atoms in total. The number of hydrogen-bond acceptors (Lipinski definition) is 5. The van der Waals surface area contributed by atoms with Gasteiger partial charge in [-0.05, 0) is 31.5 Å². The van der Waals surface area contributed by atoms with Gasteiger partial charge in [-0.15, -0.1) is 0 Å². The third-order valence-electron chi connectivity index (χ3n) is 3.32. The molecular weight excluding hydrogens is 264 g/mol. The quantitative estimate of drug-likeness (QED) is 0.734. The number of fused-ring (bicyclic) bond motifs is 1. The lowest BCUT2D eigenvalue weighted by Crippen LogP contribution is -1.96. The van der Waals surface area contributed by atoms with Crippen molar-refractivity contribution in [3.63, 3.8) is 0 Å². The van der Waals surface area contributed by atoms with Crippen LogP contribution in [0, 0.1) is 24.2 Å². The maximum atomic E-state index is 8.82. The molecule has 0 aliphatic heterocycles. The molecule has 1 aromatic carbocycles. The van der Waals surface area contributed by atoms with Crippen molar-refractivity contribution in [1.82, 2.24) is 15.1 Å². The van der Waals surface area contributed by atoms with E-state index in [9.17, 15) is 0 Å². The lowest BCUT2D eigenvalue weighted by atomic mass is 10.1. The summed E-state index contributed by atoms with van der Waals surface area (Å²) < 4.78 is 5.19. The average Bonchev–Trinajstić information content (AvgIpc) is 2.95. The minimum Gasteiger partial charge on any atom is -0.339 e. The van der Waals surface area contributed by atoms with Crippen molar-refractivity contribution in [1.29, 1.82) is 5.26 Å². The van der Waals surface area contributed by atoms with E-state index in [0.717, 1.165) is 16.5 Å². The lowest BCUT2D eigenvalue weighted by Gasteiger charge is -2.03. The van der Waals surface area contributed by atoms with Crippen LogP contribution in [0.5, 0.6) is 0 Å². The molecule has 0 amide bonds. The van der Waals surface area contributed by atoms with Crippen molar-refractivity contribution < 1.29 is 4.52 Å². The Morgan fingerprint density at radius 3 is 2.90 bits per heavy atom. The molecule has 0 fully saturated rings. The van der Waals surface area contributed by atoms with Crippen LogP contribution in [-0.2, 0) is 6.42 Å². The fraction of sp³-hybridized carbons (Fsp3) is 0.250. The van der Waals surface area contributed by atoms with Crippen molar-refractivity contribution in [3.05, 3.63) is 41.8 Å². The minimum atomic E-state index is -0.149. The first kappa shape index (κ1) is 13.3. The van der Waals surface area contributed by atoms with E-state index in [2.05, 4.69) is 21.2 Å². The van der Waals surface area contributed by atoms with Crippen LogP contribution in [0.15, 0.2) is 34.9 Å². The SMILES string of the molecule is Cc1cc(-c2noc(CC(C)C#N)n2)nc2ccccc12. The summed E-state index contributed by atoms with van der Waals surface area (Å²) in [5, 5.41) is 13.9. The van der Waals surface area contributed by atoms with E-state index in [-0.39, 0.29) is 5.92 Å². The molecule has 0 spiro atoms. The number of aryl methyl sites for hydroxylation is 1. The van der Waals surface area contributed by atoms with Gasteiger partial charge >= 0.3 is 0 Å². The number of pyridine rings is 1. The summed E-state index contributed by atoms with van der Waals surface area (Å²) in [6, 6.07) is 12.0. The highest BCUT2D eigenvalue weighted by Crippen LogP contribution is 2.22. The summed E-state index contributed by atoms with van der Waals surface area (Å²) in [4.78, 5) is 8.89. The second-order valence-electron chi connectivity index (χ2n) is 5.09. The third kappa shape index (κ3) is 2.61. The highest BCUT2D eigenvalue weighted by Gasteiger charge is 2.13. The van der Waals surface area contributed by atoms with Crippen molar-refractivity contribution in [2.75, 3.05) is 0 Å². The van der Waals surface area contributed by atoms with Crippen LogP contribution in [0.4, 0.5) is 0 Å². The van der Waals surface area contributed by atoms with Gasteiger partial charge in [-0.3, -0.25) is 0 Å². The van der Waals surface area contributed by atoms with E-state index in [1.54, 1.807) is 0 Å². The third-order valence-corrected chi connectivity index (χ3v) is 3.32. The maximum absolute atomic E-state index is 8.82. The fourth-order valence-corrected chi connectivity index (χ4v) is 2.21. The first-order valence-corrected chi connectivity index (χ1v) is 6.76. The van der Waals surface area contributed by atoms with E-state index in [0.29, 0.717) is 23.8 Å². The van der Waals surface area contributed by atoms with Gasteiger partial charge in [-0.1, -0.05) is 23.4 Å². The van der Waals surface area contributed by atoms with Crippen LogP contribution in [0.1, 0.15) is 18.4 Å². The molecule has 0 saturated heterocycles. The number of nitriles is 1. The molecule has 0 N–H and O–H groups in total. The molecule has 21 heavy (non-hydrogen) atoms. The Kier molecular flexibility index (Phi) is 3.36. The zero-order valence-corrected chi connectivity index (χ0v) is 11.9. The zero-order chi connectivity index (χ0) is 14.8. The van der Waals surface area contributed by atoms with Gasteiger partial charge in [0.1, 0.15) is 5.69 Å².